The Morgan fingerprint density at radius 3 is 2.60 bits per heavy atom. The van der Waals surface area contributed by atoms with E-state index in [9.17, 15) is 9.90 Å². The van der Waals surface area contributed by atoms with Gasteiger partial charge in [0, 0.05) is 24.6 Å². The van der Waals surface area contributed by atoms with Crippen molar-refractivity contribution in [3.63, 3.8) is 0 Å². The number of para-hydroxylation sites is 1. The lowest BCUT2D eigenvalue weighted by molar-refractivity contribution is -0.0824. The number of aromatic hydroxyl groups is 1. The molecule has 2 aliphatic rings. The number of nitrogen functional groups attached to an aromatic ring is 1. The van der Waals surface area contributed by atoms with Crippen LogP contribution in [0.25, 0.3) is 11.3 Å². The summed E-state index contributed by atoms with van der Waals surface area (Å²) in [6.07, 6.45) is 2.65. The molecule has 2 heterocycles. The Kier molecular flexibility index (Phi) is 5.72. The fourth-order valence-corrected chi connectivity index (χ4v) is 3.75. The van der Waals surface area contributed by atoms with E-state index in [1.165, 1.54) is 4.90 Å². The molecule has 1 amide bonds. The van der Waals surface area contributed by atoms with Crippen LogP contribution in [0.15, 0.2) is 30.3 Å². The van der Waals surface area contributed by atoms with Crippen LogP contribution in [0.3, 0.4) is 0 Å². The first-order chi connectivity index (χ1) is 14.5. The standard InChI is InChI=1S/C22H24N4O4/c23-21-15(13-19(24-25-21)18-3-1-2-4-20(18)27)6-5-14-11-17(12-14)30-16-7-9-26(10-8-16)22(28)29/h1-4,13-14,16-17,27H,7-12H2,(H2,23,25)(H,28,29). The number of hydrogen-bond acceptors (Lipinski definition) is 6. The van der Waals surface area contributed by atoms with Crippen molar-refractivity contribution < 1.29 is 19.7 Å². The van der Waals surface area contributed by atoms with E-state index >= 15 is 0 Å². The van der Waals surface area contributed by atoms with E-state index in [-0.39, 0.29) is 29.7 Å². The molecule has 2 fully saturated rings. The van der Waals surface area contributed by atoms with Gasteiger partial charge in [-0.25, -0.2) is 4.79 Å². The second-order valence-electron chi connectivity index (χ2n) is 7.71. The summed E-state index contributed by atoms with van der Waals surface area (Å²) in [6, 6.07) is 8.67. The number of rotatable bonds is 3. The second kappa shape index (κ2) is 8.59. The average molecular weight is 408 g/mol. The molecule has 2 aromatic rings. The van der Waals surface area contributed by atoms with Gasteiger partial charge in [-0.3, -0.25) is 0 Å². The third kappa shape index (κ3) is 4.47. The lowest BCUT2D eigenvalue weighted by Crippen LogP contribution is -2.43. The van der Waals surface area contributed by atoms with Crippen LogP contribution in [0.2, 0.25) is 0 Å². The van der Waals surface area contributed by atoms with Crippen molar-refractivity contribution in [1.82, 2.24) is 15.1 Å². The molecule has 8 heteroatoms. The number of nitrogens with two attached hydrogens (primary N) is 1. The van der Waals surface area contributed by atoms with Crippen LogP contribution in [-0.2, 0) is 4.74 Å². The fourth-order valence-electron chi connectivity index (χ4n) is 3.75. The zero-order valence-corrected chi connectivity index (χ0v) is 16.5. The van der Waals surface area contributed by atoms with Crippen molar-refractivity contribution in [3.05, 3.63) is 35.9 Å². The van der Waals surface area contributed by atoms with E-state index in [0.29, 0.717) is 29.9 Å². The van der Waals surface area contributed by atoms with Gasteiger partial charge in [0.05, 0.1) is 23.5 Å². The molecular weight excluding hydrogens is 384 g/mol. The Morgan fingerprint density at radius 2 is 1.90 bits per heavy atom. The highest BCUT2D eigenvalue weighted by atomic mass is 16.5. The summed E-state index contributed by atoms with van der Waals surface area (Å²) >= 11 is 0. The smallest absolute Gasteiger partial charge is 0.407 e. The second-order valence-corrected chi connectivity index (χ2v) is 7.71. The van der Waals surface area contributed by atoms with E-state index in [4.69, 9.17) is 15.6 Å². The Balaban J connectivity index is 1.32. The van der Waals surface area contributed by atoms with Gasteiger partial charge in [-0.15, -0.1) is 10.2 Å². The largest absolute Gasteiger partial charge is 0.507 e. The molecule has 0 spiro atoms. The quantitative estimate of drug-likeness (QED) is 0.668. The molecule has 1 aliphatic heterocycles. The highest BCUT2D eigenvalue weighted by molar-refractivity contribution is 5.69. The molecule has 1 saturated heterocycles. The summed E-state index contributed by atoms with van der Waals surface area (Å²) in [5.74, 6) is 6.96. The Morgan fingerprint density at radius 1 is 1.17 bits per heavy atom. The Labute approximate surface area is 174 Å². The third-order valence-electron chi connectivity index (χ3n) is 5.61. The molecular formula is C22H24N4O4. The number of aromatic nitrogens is 2. The highest BCUT2D eigenvalue weighted by Gasteiger charge is 2.32. The van der Waals surface area contributed by atoms with Gasteiger partial charge in [0.2, 0.25) is 0 Å². The maximum atomic E-state index is 11.0. The molecule has 0 radical (unpaired) electrons. The Bertz CT molecular complexity index is 986. The van der Waals surface area contributed by atoms with Gasteiger partial charge < -0.3 is 25.6 Å². The van der Waals surface area contributed by atoms with Crippen LogP contribution in [0, 0.1) is 17.8 Å². The zero-order chi connectivity index (χ0) is 21.1. The van der Waals surface area contributed by atoms with Crippen molar-refractivity contribution in [2.75, 3.05) is 18.8 Å². The minimum atomic E-state index is -0.858. The lowest BCUT2D eigenvalue weighted by atomic mass is 9.82. The number of phenols is 1. The number of likely N-dealkylation sites (tertiary alicyclic amines) is 1. The predicted molar refractivity (Wildman–Crippen MR) is 111 cm³/mol. The monoisotopic (exact) mass is 408 g/mol. The van der Waals surface area contributed by atoms with Gasteiger partial charge in [0.1, 0.15) is 5.75 Å². The normalized spacial score (nSPS) is 21.4. The summed E-state index contributed by atoms with van der Waals surface area (Å²) in [5.41, 5.74) is 7.62. The van der Waals surface area contributed by atoms with E-state index in [0.717, 1.165) is 25.7 Å². The number of amides is 1. The predicted octanol–water partition coefficient (Wildman–Crippen LogP) is 2.72. The highest BCUT2D eigenvalue weighted by Crippen LogP contribution is 2.32. The average Bonchev–Trinajstić information content (AvgIpc) is 2.71. The van der Waals surface area contributed by atoms with Crippen molar-refractivity contribution in [3.8, 4) is 28.8 Å². The third-order valence-corrected chi connectivity index (χ3v) is 5.61. The number of benzene rings is 1. The van der Waals surface area contributed by atoms with E-state index < -0.39 is 6.09 Å². The van der Waals surface area contributed by atoms with E-state index in [1.807, 2.05) is 6.07 Å². The zero-order valence-electron chi connectivity index (χ0n) is 16.5. The first-order valence-electron chi connectivity index (χ1n) is 10.1. The van der Waals surface area contributed by atoms with Gasteiger partial charge in [0.15, 0.2) is 5.82 Å². The molecule has 8 nitrogen and oxygen atoms in total. The minimum absolute atomic E-state index is 0.126. The summed E-state index contributed by atoms with van der Waals surface area (Å²) in [7, 11) is 0. The number of carbonyl (C=O) groups is 1. The number of ether oxygens (including phenoxy) is 1. The van der Waals surface area contributed by atoms with Crippen molar-refractivity contribution >= 4 is 11.9 Å². The number of hydrogen-bond donors (Lipinski definition) is 3. The van der Waals surface area contributed by atoms with Gasteiger partial charge in [-0.1, -0.05) is 24.0 Å². The van der Waals surface area contributed by atoms with Gasteiger partial charge in [-0.05, 0) is 43.9 Å². The number of phenolic OH excluding ortho intramolecular Hbond substituents is 1. The fraction of sp³-hybridized carbons (Fsp3) is 0.409. The molecule has 1 saturated carbocycles. The molecule has 4 N–H and O–H groups in total. The van der Waals surface area contributed by atoms with E-state index in [1.54, 1.807) is 24.3 Å². The summed E-state index contributed by atoms with van der Waals surface area (Å²) in [5, 5.41) is 27.1. The number of carboxylic acid groups (broad SMARTS) is 1. The molecule has 0 bridgehead atoms. The molecule has 30 heavy (non-hydrogen) atoms. The maximum absolute atomic E-state index is 11.0. The maximum Gasteiger partial charge on any atom is 0.407 e. The topological polar surface area (TPSA) is 122 Å². The molecule has 0 atom stereocenters. The summed E-state index contributed by atoms with van der Waals surface area (Å²) in [4.78, 5) is 12.4. The first-order valence-corrected chi connectivity index (χ1v) is 10.1. The lowest BCUT2D eigenvalue weighted by Gasteiger charge is -2.37. The molecule has 1 aromatic heterocycles. The van der Waals surface area contributed by atoms with Gasteiger partial charge in [-0.2, -0.15) is 0 Å². The van der Waals surface area contributed by atoms with Crippen molar-refractivity contribution in [2.45, 2.75) is 37.9 Å². The molecule has 1 aliphatic carbocycles. The van der Waals surface area contributed by atoms with Crippen molar-refractivity contribution in [1.29, 1.82) is 0 Å². The van der Waals surface area contributed by atoms with Crippen LogP contribution in [0.5, 0.6) is 5.75 Å². The number of piperidine rings is 1. The van der Waals surface area contributed by atoms with Gasteiger partial charge in [0.25, 0.3) is 0 Å². The number of anilines is 1. The Hall–Kier alpha value is -3.31. The molecule has 4 rings (SSSR count). The summed E-state index contributed by atoms with van der Waals surface area (Å²) < 4.78 is 6.09. The number of nitrogens with zero attached hydrogens (tertiary/aromatic N) is 3. The molecule has 1 aromatic carbocycles. The van der Waals surface area contributed by atoms with Gasteiger partial charge >= 0.3 is 6.09 Å². The first kappa shape index (κ1) is 20.0. The minimum Gasteiger partial charge on any atom is -0.507 e. The van der Waals surface area contributed by atoms with Crippen LogP contribution < -0.4 is 5.73 Å². The van der Waals surface area contributed by atoms with Crippen LogP contribution in [0.4, 0.5) is 10.6 Å². The van der Waals surface area contributed by atoms with Crippen LogP contribution >= 0.6 is 0 Å². The van der Waals surface area contributed by atoms with Crippen LogP contribution in [0.1, 0.15) is 31.2 Å². The van der Waals surface area contributed by atoms with E-state index in [2.05, 4.69) is 22.0 Å². The van der Waals surface area contributed by atoms with Crippen molar-refractivity contribution in [2.24, 2.45) is 5.92 Å². The molecule has 0 unspecified atom stereocenters. The summed E-state index contributed by atoms with van der Waals surface area (Å²) in [6.45, 7) is 1.06. The molecule has 156 valence electrons. The SMILES string of the molecule is Nc1nnc(-c2ccccc2O)cc1C#CC1CC(OC2CCN(C(=O)O)CC2)C1. The van der Waals surface area contributed by atoms with Crippen LogP contribution in [-0.4, -0.2) is 56.7 Å².